The van der Waals surface area contributed by atoms with Crippen LogP contribution in [0, 0.1) is 0 Å². The van der Waals surface area contributed by atoms with E-state index < -0.39 is 5.60 Å². The monoisotopic (exact) mass is 264 g/mol. The van der Waals surface area contributed by atoms with E-state index in [1.54, 1.807) is 0 Å². The maximum absolute atomic E-state index is 10.2. The first kappa shape index (κ1) is 14.3. The highest BCUT2D eigenvalue weighted by Gasteiger charge is 2.25. The van der Waals surface area contributed by atoms with E-state index in [1.165, 1.54) is 5.56 Å². The van der Waals surface area contributed by atoms with Gasteiger partial charge in [-0.05, 0) is 27.1 Å². The van der Waals surface area contributed by atoms with Gasteiger partial charge in [0.05, 0.1) is 12.2 Å². The lowest BCUT2D eigenvalue weighted by Crippen LogP contribution is -2.46. The molecule has 0 saturated carbocycles. The Morgan fingerprint density at radius 3 is 2.89 bits per heavy atom. The minimum Gasteiger partial charge on any atom is -0.493 e. The summed E-state index contributed by atoms with van der Waals surface area (Å²) in [5, 5.41) is 13.6. The van der Waals surface area contributed by atoms with Gasteiger partial charge in [0.2, 0.25) is 0 Å². The fourth-order valence-corrected chi connectivity index (χ4v) is 2.65. The van der Waals surface area contributed by atoms with Crippen LogP contribution in [0.3, 0.4) is 0 Å². The number of likely N-dealkylation sites (N-methyl/N-ethyl adjacent to an activating group) is 1. The van der Waals surface area contributed by atoms with Gasteiger partial charge in [0.25, 0.3) is 0 Å². The van der Waals surface area contributed by atoms with E-state index in [4.69, 9.17) is 4.74 Å². The van der Waals surface area contributed by atoms with Crippen LogP contribution in [0.15, 0.2) is 24.3 Å². The second-order valence-electron chi connectivity index (χ2n) is 5.91. The third-order valence-electron chi connectivity index (χ3n) is 3.35. The molecule has 1 aliphatic heterocycles. The molecule has 0 radical (unpaired) electrons. The topological polar surface area (TPSA) is 44.7 Å². The average molecular weight is 264 g/mol. The number of hydrogen-bond donors (Lipinski definition) is 2. The molecule has 0 aliphatic carbocycles. The second kappa shape index (κ2) is 5.90. The first-order chi connectivity index (χ1) is 8.98. The predicted octanol–water partition coefficient (Wildman–Crippen LogP) is 1.06. The van der Waals surface area contributed by atoms with Crippen molar-refractivity contribution in [1.29, 1.82) is 0 Å². The highest BCUT2D eigenvalue weighted by atomic mass is 16.5. The van der Waals surface area contributed by atoms with Crippen LogP contribution >= 0.6 is 0 Å². The lowest BCUT2D eigenvalue weighted by Gasteiger charge is -2.27. The van der Waals surface area contributed by atoms with Crippen LogP contribution in [0.2, 0.25) is 0 Å². The third kappa shape index (κ3) is 3.93. The van der Waals surface area contributed by atoms with E-state index in [0.29, 0.717) is 19.0 Å². The van der Waals surface area contributed by atoms with Gasteiger partial charge < -0.3 is 20.1 Å². The number of benzene rings is 1. The van der Waals surface area contributed by atoms with Gasteiger partial charge in [0, 0.05) is 31.1 Å². The van der Waals surface area contributed by atoms with Crippen molar-refractivity contribution < 1.29 is 9.84 Å². The van der Waals surface area contributed by atoms with Crippen molar-refractivity contribution in [2.24, 2.45) is 0 Å². The van der Waals surface area contributed by atoms with Crippen LogP contribution in [0.4, 0.5) is 0 Å². The Morgan fingerprint density at radius 2 is 2.16 bits per heavy atom. The fraction of sp³-hybridized carbons (Fsp3) is 0.600. The van der Waals surface area contributed by atoms with Crippen molar-refractivity contribution in [3.05, 3.63) is 29.8 Å². The summed E-state index contributed by atoms with van der Waals surface area (Å²) in [6.07, 6.45) is 0. The summed E-state index contributed by atoms with van der Waals surface area (Å²) in [6.45, 7) is 4.66. The molecule has 0 spiro atoms. The zero-order valence-corrected chi connectivity index (χ0v) is 12.0. The van der Waals surface area contributed by atoms with E-state index in [2.05, 4.69) is 11.4 Å². The number of para-hydroxylation sites is 1. The molecule has 2 N–H and O–H groups in total. The van der Waals surface area contributed by atoms with Crippen molar-refractivity contribution in [1.82, 2.24) is 10.2 Å². The standard InChI is InChI=1S/C15H24N2O2/c1-15(18,11-17(2)3)10-16-8-12-9-19-14-7-5-4-6-13(12)14/h4-7,12,16,18H,8-11H2,1-3H3. The number of aliphatic hydroxyl groups is 1. The van der Waals surface area contributed by atoms with Crippen LogP contribution in [0.25, 0.3) is 0 Å². The first-order valence-electron chi connectivity index (χ1n) is 6.77. The van der Waals surface area contributed by atoms with Gasteiger partial charge in [-0.3, -0.25) is 0 Å². The number of hydrogen-bond acceptors (Lipinski definition) is 4. The van der Waals surface area contributed by atoms with Gasteiger partial charge >= 0.3 is 0 Å². The van der Waals surface area contributed by atoms with E-state index in [0.717, 1.165) is 18.9 Å². The van der Waals surface area contributed by atoms with Crippen molar-refractivity contribution in [3.8, 4) is 5.75 Å². The molecule has 0 saturated heterocycles. The molecule has 0 bridgehead atoms. The largest absolute Gasteiger partial charge is 0.493 e. The lowest BCUT2D eigenvalue weighted by molar-refractivity contribution is 0.0335. The van der Waals surface area contributed by atoms with Gasteiger partial charge in [0.15, 0.2) is 0 Å². The zero-order chi connectivity index (χ0) is 13.9. The van der Waals surface area contributed by atoms with Crippen LogP contribution in [0.1, 0.15) is 18.4 Å². The average Bonchev–Trinajstić information content (AvgIpc) is 2.71. The Balaban J connectivity index is 1.81. The fourth-order valence-electron chi connectivity index (χ4n) is 2.65. The Kier molecular flexibility index (Phi) is 4.45. The molecule has 0 aromatic heterocycles. The SMILES string of the molecule is CN(C)CC(C)(O)CNCC1COc2ccccc21. The molecule has 1 aromatic rings. The summed E-state index contributed by atoms with van der Waals surface area (Å²) in [4.78, 5) is 2.00. The lowest BCUT2D eigenvalue weighted by atomic mass is 10.0. The maximum Gasteiger partial charge on any atom is 0.122 e. The number of rotatable bonds is 6. The third-order valence-corrected chi connectivity index (χ3v) is 3.35. The van der Waals surface area contributed by atoms with Crippen LogP contribution in [-0.4, -0.2) is 55.9 Å². The molecule has 4 nitrogen and oxygen atoms in total. The van der Waals surface area contributed by atoms with Crippen molar-refractivity contribution in [2.45, 2.75) is 18.4 Å². The van der Waals surface area contributed by atoms with E-state index in [1.807, 2.05) is 44.1 Å². The maximum atomic E-state index is 10.2. The molecule has 1 aromatic carbocycles. The summed E-state index contributed by atoms with van der Waals surface area (Å²) < 4.78 is 5.65. The number of nitrogens with zero attached hydrogens (tertiary/aromatic N) is 1. The predicted molar refractivity (Wildman–Crippen MR) is 76.7 cm³/mol. The first-order valence-corrected chi connectivity index (χ1v) is 6.77. The number of fused-ring (bicyclic) bond motifs is 1. The van der Waals surface area contributed by atoms with E-state index >= 15 is 0 Å². The van der Waals surface area contributed by atoms with Crippen molar-refractivity contribution >= 4 is 0 Å². The van der Waals surface area contributed by atoms with Crippen LogP contribution in [-0.2, 0) is 0 Å². The Labute approximate surface area is 115 Å². The molecule has 0 amide bonds. The molecule has 106 valence electrons. The Morgan fingerprint density at radius 1 is 1.42 bits per heavy atom. The molecule has 2 atom stereocenters. The smallest absolute Gasteiger partial charge is 0.122 e. The van der Waals surface area contributed by atoms with Crippen molar-refractivity contribution in [2.75, 3.05) is 40.3 Å². The summed E-state index contributed by atoms with van der Waals surface area (Å²) >= 11 is 0. The highest BCUT2D eigenvalue weighted by Crippen LogP contribution is 2.32. The number of ether oxygens (including phenoxy) is 1. The van der Waals surface area contributed by atoms with Gasteiger partial charge in [0.1, 0.15) is 5.75 Å². The Hall–Kier alpha value is -1.10. The van der Waals surface area contributed by atoms with Gasteiger partial charge in [-0.15, -0.1) is 0 Å². The molecule has 2 unspecified atom stereocenters. The normalized spacial score (nSPS) is 21.0. The van der Waals surface area contributed by atoms with Crippen LogP contribution in [0.5, 0.6) is 5.75 Å². The highest BCUT2D eigenvalue weighted by molar-refractivity contribution is 5.39. The zero-order valence-electron chi connectivity index (χ0n) is 12.0. The van der Waals surface area contributed by atoms with Gasteiger partial charge in [-0.25, -0.2) is 0 Å². The summed E-state index contributed by atoms with van der Waals surface area (Å²) in [5.74, 6) is 1.38. The van der Waals surface area contributed by atoms with E-state index in [-0.39, 0.29) is 0 Å². The minimum atomic E-state index is -0.706. The van der Waals surface area contributed by atoms with Crippen molar-refractivity contribution in [3.63, 3.8) is 0 Å². The summed E-state index contributed by atoms with van der Waals surface area (Å²) in [5.41, 5.74) is 0.560. The van der Waals surface area contributed by atoms with E-state index in [9.17, 15) is 5.11 Å². The van der Waals surface area contributed by atoms with Crippen LogP contribution < -0.4 is 10.1 Å². The molecule has 4 heteroatoms. The van der Waals surface area contributed by atoms with Gasteiger partial charge in [-0.1, -0.05) is 18.2 Å². The molecular weight excluding hydrogens is 240 g/mol. The molecule has 0 fully saturated rings. The Bertz CT molecular complexity index is 418. The number of nitrogens with one attached hydrogen (secondary N) is 1. The molecule has 1 heterocycles. The van der Waals surface area contributed by atoms with Gasteiger partial charge in [-0.2, -0.15) is 0 Å². The molecule has 19 heavy (non-hydrogen) atoms. The molecule has 1 aliphatic rings. The summed E-state index contributed by atoms with van der Waals surface area (Å²) in [6, 6.07) is 8.17. The molecular formula is C15H24N2O2. The molecule has 2 rings (SSSR count). The minimum absolute atomic E-state index is 0.381. The second-order valence-corrected chi connectivity index (χ2v) is 5.91. The summed E-state index contributed by atoms with van der Waals surface area (Å²) in [7, 11) is 3.94. The quantitative estimate of drug-likeness (QED) is 0.806.